The average Bonchev–Trinajstić information content (AvgIpc) is 2.84. The number of anilines is 1. The van der Waals surface area contributed by atoms with Crippen LogP contribution in [0.1, 0.15) is 24.0 Å². The van der Waals surface area contributed by atoms with E-state index in [1.165, 1.54) is 0 Å². The summed E-state index contributed by atoms with van der Waals surface area (Å²) >= 11 is 12.4. The molecule has 1 heterocycles. The second-order valence-electron chi connectivity index (χ2n) is 7.44. The molecule has 2 aromatic rings. The molecular weight excluding hydrogens is 381 g/mol. The van der Waals surface area contributed by atoms with E-state index in [1.54, 1.807) is 5.01 Å². The maximum atomic E-state index is 13.8. The first kappa shape index (κ1) is 20.2. The zero-order valence-electron chi connectivity index (χ0n) is 16.2. The highest BCUT2D eigenvalue weighted by Crippen LogP contribution is 2.50. The third-order valence-corrected chi connectivity index (χ3v) is 5.59. The number of hydrogen-bond donors (Lipinski definition) is 0. The molecule has 3 rings (SSSR count). The van der Waals surface area contributed by atoms with Gasteiger partial charge in [0.1, 0.15) is 5.41 Å². The number of nitrogens with zero attached hydrogens (tertiary/aromatic N) is 3. The Morgan fingerprint density at radius 2 is 1.59 bits per heavy atom. The molecule has 0 spiro atoms. The number of benzene rings is 2. The summed E-state index contributed by atoms with van der Waals surface area (Å²) in [7, 11) is 7.84. The quantitative estimate of drug-likeness (QED) is 0.710. The van der Waals surface area contributed by atoms with E-state index >= 15 is 0 Å². The average molecular weight is 406 g/mol. The molecule has 1 atom stereocenters. The van der Waals surface area contributed by atoms with Crippen LogP contribution in [0.5, 0.6) is 0 Å². The van der Waals surface area contributed by atoms with Gasteiger partial charge in [0, 0.05) is 24.1 Å². The molecule has 1 aliphatic heterocycles. The molecule has 0 fully saturated rings. The van der Waals surface area contributed by atoms with Crippen molar-refractivity contribution in [2.24, 2.45) is 0 Å². The van der Waals surface area contributed by atoms with Gasteiger partial charge in [-0.05, 0) is 68.9 Å². The molecule has 0 N–H and O–H groups in total. The van der Waals surface area contributed by atoms with Crippen molar-refractivity contribution >= 4 is 34.8 Å². The number of carbonyl (C=O) groups excluding carboxylic acids is 1. The van der Waals surface area contributed by atoms with E-state index in [0.29, 0.717) is 16.5 Å². The van der Waals surface area contributed by atoms with Gasteiger partial charge < -0.3 is 4.90 Å². The van der Waals surface area contributed by atoms with Crippen molar-refractivity contribution in [1.82, 2.24) is 9.91 Å². The van der Waals surface area contributed by atoms with Crippen LogP contribution in [0.15, 0.2) is 42.5 Å². The minimum Gasteiger partial charge on any atom is -0.309 e. The fourth-order valence-electron chi connectivity index (χ4n) is 3.90. The molecule has 6 heteroatoms. The van der Waals surface area contributed by atoms with Crippen LogP contribution in [-0.2, 0) is 10.2 Å². The first-order chi connectivity index (χ1) is 12.8. The zero-order chi connectivity index (χ0) is 19.8. The lowest BCUT2D eigenvalue weighted by Gasteiger charge is -2.31. The molecule has 0 radical (unpaired) electrons. The zero-order valence-corrected chi connectivity index (χ0v) is 17.7. The highest BCUT2D eigenvalue weighted by atomic mass is 35.5. The fourth-order valence-corrected chi connectivity index (χ4v) is 4.20. The Kier molecular flexibility index (Phi) is 5.82. The van der Waals surface area contributed by atoms with Crippen LogP contribution in [0.3, 0.4) is 0 Å². The number of fused-ring (bicyclic) bond motifs is 1. The molecule has 1 amide bonds. The monoisotopic (exact) mass is 405 g/mol. The minimum absolute atomic E-state index is 0.0471. The topological polar surface area (TPSA) is 26.8 Å². The molecule has 2 aromatic carbocycles. The lowest BCUT2D eigenvalue weighted by atomic mass is 9.72. The van der Waals surface area contributed by atoms with Gasteiger partial charge in [0.15, 0.2) is 0 Å². The Morgan fingerprint density at radius 3 is 2.19 bits per heavy atom. The smallest absolute Gasteiger partial charge is 0.256 e. The molecule has 4 nitrogen and oxygen atoms in total. The van der Waals surface area contributed by atoms with Crippen LogP contribution in [0, 0.1) is 0 Å². The van der Waals surface area contributed by atoms with E-state index in [4.69, 9.17) is 23.2 Å². The normalized spacial score (nSPS) is 19.3. The maximum Gasteiger partial charge on any atom is 0.256 e. The van der Waals surface area contributed by atoms with Crippen LogP contribution in [0.2, 0.25) is 10.0 Å². The Balaban J connectivity index is 2.19. The van der Waals surface area contributed by atoms with Gasteiger partial charge in [-0.1, -0.05) is 41.4 Å². The summed E-state index contributed by atoms with van der Waals surface area (Å²) < 4.78 is 0. The summed E-state index contributed by atoms with van der Waals surface area (Å²) in [4.78, 5) is 15.9. The second kappa shape index (κ2) is 7.80. The van der Waals surface area contributed by atoms with Gasteiger partial charge in [0.25, 0.3) is 5.91 Å². The van der Waals surface area contributed by atoms with Crippen molar-refractivity contribution in [3.63, 3.8) is 0 Å². The Bertz CT molecular complexity index is 836. The molecule has 27 heavy (non-hydrogen) atoms. The molecule has 0 aromatic heterocycles. The van der Waals surface area contributed by atoms with Crippen molar-refractivity contribution in [2.75, 3.05) is 39.7 Å². The van der Waals surface area contributed by atoms with Gasteiger partial charge in [-0.25, -0.2) is 10.0 Å². The third kappa shape index (κ3) is 3.59. The van der Waals surface area contributed by atoms with Crippen LogP contribution in [0.4, 0.5) is 5.69 Å². The summed E-state index contributed by atoms with van der Waals surface area (Å²) in [6, 6.07) is 13.4. The second-order valence-corrected chi connectivity index (χ2v) is 8.32. The van der Waals surface area contributed by atoms with Crippen molar-refractivity contribution in [3.05, 3.63) is 63.6 Å². The number of carbonyl (C=O) groups is 1. The van der Waals surface area contributed by atoms with Gasteiger partial charge in [-0.3, -0.25) is 4.79 Å². The van der Waals surface area contributed by atoms with E-state index in [2.05, 4.69) is 4.90 Å². The van der Waals surface area contributed by atoms with Crippen LogP contribution < -0.4 is 5.01 Å². The first-order valence-corrected chi connectivity index (χ1v) is 9.75. The van der Waals surface area contributed by atoms with Gasteiger partial charge in [0.05, 0.1) is 5.69 Å². The summed E-state index contributed by atoms with van der Waals surface area (Å²) in [6.45, 7) is 0.910. The Morgan fingerprint density at radius 1 is 0.963 bits per heavy atom. The predicted octanol–water partition coefficient (Wildman–Crippen LogP) is 4.44. The SMILES string of the molecule is CN(C)CCCC1(c2ccc(Cl)cc2)C(=O)N(N(C)C)c2cc(Cl)ccc21. The molecule has 0 aliphatic carbocycles. The highest BCUT2D eigenvalue weighted by molar-refractivity contribution is 6.31. The van der Waals surface area contributed by atoms with Crippen LogP contribution in [0.25, 0.3) is 0 Å². The molecule has 0 bridgehead atoms. The molecule has 0 saturated carbocycles. The maximum absolute atomic E-state index is 13.8. The largest absolute Gasteiger partial charge is 0.309 e. The van der Waals surface area contributed by atoms with Crippen molar-refractivity contribution in [1.29, 1.82) is 0 Å². The van der Waals surface area contributed by atoms with E-state index < -0.39 is 5.41 Å². The predicted molar refractivity (Wildman–Crippen MR) is 113 cm³/mol. The lowest BCUT2D eigenvalue weighted by Crippen LogP contribution is -2.47. The van der Waals surface area contributed by atoms with Gasteiger partial charge in [-0.2, -0.15) is 0 Å². The summed E-state index contributed by atoms with van der Waals surface area (Å²) in [6.07, 6.45) is 1.61. The molecule has 1 unspecified atom stereocenters. The van der Waals surface area contributed by atoms with E-state index in [-0.39, 0.29) is 5.91 Å². The lowest BCUT2D eigenvalue weighted by molar-refractivity contribution is -0.124. The third-order valence-electron chi connectivity index (χ3n) is 5.10. The number of hydrazine groups is 1. The van der Waals surface area contributed by atoms with Crippen molar-refractivity contribution in [3.8, 4) is 0 Å². The molecule has 0 saturated heterocycles. The minimum atomic E-state index is -0.745. The fraction of sp³-hybridized carbons (Fsp3) is 0.381. The Hall–Kier alpha value is -1.59. The van der Waals surface area contributed by atoms with Crippen molar-refractivity contribution in [2.45, 2.75) is 18.3 Å². The van der Waals surface area contributed by atoms with Gasteiger partial charge in [0.2, 0.25) is 0 Å². The highest BCUT2D eigenvalue weighted by Gasteiger charge is 2.52. The van der Waals surface area contributed by atoms with Crippen LogP contribution >= 0.6 is 23.2 Å². The number of hydrogen-bond acceptors (Lipinski definition) is 3. The van der Waals surface area contributed by atoms with E-state index in [1.807, 2.05) is 75.7 Å². The van der Waals surface area contributed by atoms with Gasteiger partial charge >= 0.3 is 0 Å². The van der Waals surface area contributed by atoms with Gasteiger partial charge in [-0.15, -0.1) is 0 Å². The summed E-state index contributed by atoms with van der Waals surface area (Å²) in [5.74, 6) is 0.0471. The molecular formula is C21H25Cl2N3O. The van der Waals surface area contributed by atoms with E-state index in [0.717, 1.165) is 29.8 Å². The summed E-state index contributed by atoms with van der Waals surface area (Å²) in [5, 5.41) is 4.83. The number of amides is 1. The standard InChI is InChI=1S/C21H25Cl2N3O/c1-24(2)13-5-12-21(15-6-8-16(22)9-7-15)18-11-10-17(23)14-19(18)26(20(21)27)25(3)4/h6-11,14H,5,12-13H2,1-4H3. The Labute approximate surface area is 171 Å². The number of rotatable bonds is 6. The van der Waals surface area contributed by atoms with Crippen molar-refractivity contribution < 1.29 is 4.79 Å². The van der Waals surface area contributed by atoms with E-state index in [9.17, 15) is 4.79 Å². The summed E-state index contributed by atoms with van der Waals surface area (Å²) in [5.41, 5.74) is 2.05. The number of halogens is 2. The first-order valence-electron chi connectivity index (χ1n) is 9.00. The molecule has 144 valence electrons. The molecule has 1 aliphatic rings. The van der Waals surface area contributed by atoms with Crippen LogP contribution in [-0.4, -0.2) is 50.6 Å².